The van der Waals surface area contributed by atoms with Gasteiger partial charge in [0.05, 0.1) is 6.04 Å². The Bertz CT molecular complexity index is 865. The fourth-order valence-corrected chi connectivity index (χ4v) is 3.93. The van der Waals surface area contributed by atoms with E-state index in [1.807, 2.05) is 38.1 Å². The average molecular weight is 399 g/mol. The van der Waals surface area contributed by atoms with Crippen LogP contribution in [0.2, 0.25) is 5.02 Å². The van der Waals surface area contributed by atoms with Gasteiger partial charge in [0.25, 0.3) is 0 Å². The van der Waals surface area contributed by atoms with E-state index in [1.54, 1.807) is 6.07 Å². The fraction of sp³-hybridized carbons (Fsp3) is 0.391. The van der Waals surface area contributed by atoms with E-state index in [-0.39, 0.29) is 23.8 Å². The van der Waals surface area contributed by atoms with Crippen LogP contribution in [0.25, 0.3) is 0 Å². The molecule has 0 radical (unpaired) electrons. The van der Waals surface area contributed by atoms with Crippen LogP contribution in [0.15, 0.2) is 42.5 Å². The molecule has 0 bridgehead atoms. The van der Waals surface area contributed by atoms with Gasteiger partial charge in [0.2, 0.25) is 11.8 Å². The van der Waals surface area contributed by atoms with Gasteiger partial charge < -0.3 is 10.6 Å². The maximum atomic E-state index is 12.5. The zero-order chi connectivity index (χ0) is 20.1. The van der Waals surface area contributed by atoms with Gasteiger partial charge in [0, 0.05) is 23.6 Å². The second-order valence-corrected chi connectivity index (χ2v) is 8.14. The van der Waals surface area contributed by atoms with E-state index in [0.717, 1.165) is 24.8 Å². The van der Waals surface area contributed by atoms with Gasteiger partial charge in [0.15, 0.2) is 0 Å². The Morgan fingerprint density at radius 1 is 1.14 bits per heavy atom. The van der Waals surface area contributed by atoms with Gasteiger partial charge in [-0.2, -0.15) is 0 Å². The van der Waals surface area contributed by atoms with Crippen molar-refractivity contribution in [1.82, 2.24) is 5.32 Å². The lowest BCUT2D eigenvalue weighted by Crippen LogP contribution is -2.32. The molecule has 0 spiro atoms. The Hall–Kier alpha value is -2.33. The Morgan fingerprint density at radius 2 is 1.89 bits per heavy atom. The molecular formula is C23H27ClN2O2. The molecule has 0 saturated heterocycles. The molecule has 5 heteroatoms. The van der Waals surface area contributed by atoms with E-state index in [1.165, 1.54) is 11.1 Å². The smallest absolute Gasteiger partial charge is 0.224 e. The fourth-order valence-electron chi connectivity index (χ4n) is 3.74. The van der Waals surface area contributed by atoms with Gasteiger partial charge in [-0.3, -0.25) is 9.59 Å². The third kappa shape index (κ3) is 5.35. The van der Waals surface area contributed by atoms with E-state index >= 15 is 0 Å². The molecule has 148 valence electrons. The number of nitrogens with one attached hydrogen (secondary N) is 2. The van der Waals surface area contributed by atoms with E-state index in [9.17, 15) is 9.59 Å². The molecule has 2 amide bonds. The highest BCUT2D eigenvalue weighted by Crippen LogP contribution is 2.29. The lowest BCUT2D eigenvalue weighted by molar-refractivity contribution is -0.123. The number of hydrogen-bond acceptors (Lipinski definition) is 2. The molecule has 4 nitrogen and oxygen atoms in total. The van der Waals surface area contributed by atoms with Crippen LogP contribution >= 0.6 is 11.6 Å². The van der Waals surface area contributed by atoms with Gasteiger partial charge in [-0.15, -0.1) is 0 Å². The molecule has 2 aromatic rings. The molecule has 1 aliphatic rings. The number of carbonyl (C=O) groups excluding carboxylic acids is 2. The standard InChI is InChI=1S/C23H27ClN2O2/c1-15(12-22(27)25-18-11-10-16(2)20(24)14-18)13-23(28)26-21-9-5-7-17-6-3-4-8-19(17)21/h3-4,6,8,10-11,14-15,21H,5,7,9,12-13H2,1-2H3,(H,25,27)(H,26,28). The zero-order valence-corrected chi connectivity index (χ0v) is 17.2. The first-order valence-electron chi connectivity index (χ1n) is 9.85. The summed E-state index contributed by atoms with van der Waals surface area (Å²) in [5, 5.41) is 6.63. The first-order chi connectivity index (χ1) is 13.4. The minimum atomic E-state index is -0.108. The van der Waals surface area contributed by atoms with Gasteiger partial charge in [-0.25, -0.2) is 0 Å². The summed E-state index contributed by atoms with van der Waals surface area (Å²) in [5.74, 6) is -0.150. The summed E-state index contributed by atoms with van der Waals surface area (Å²) < 4.78 is 0. The van der Waals surface area contributed by atoms with Crippen LogP contribution in [0.3, 0.4) is 0 Å². The van der Waals surface area contributed by atoms with Crippen molar-refractivity contribution in [1.29, 1.82) is 0 Å². The second kappa shape index (κ2) is 9.24. The maximum Gasteiger partial charge on any atom is 0.224 e. The van der Waals surface area contributed by atoms with Crippen molar-refractivity contribution in [3.63, 3.8) is 0 Å². The van der Waals surface area contributed by atoms with Crippen molar-refractivity contribution < 1.29 is 9.59 Å². The van der Waals surface area contributed by atoms with Crippen LogP contribution in [0.5, 0.6) is 0 Å². The lowest BCUT2D eigenvalue weighted by Gasteiger charge is -2.26. The van der Waals surface area contributed by atoms with Crippen LogP contribution in [0.4, 0.5) is 5.69 Å². The number of carbonyl (C=O) groups is 2. The normalized spacial score (nSPS) is 16.8. The molecule has 2 atom stereocenters. The first-order valence-corrected chi connectivity index (χ1v) is 10.2. The van der Waals surface area contributed by atoms with Gasteiger partial charge in [-0.05, 0) is 60.9 Å². The van der Waals surface area contributed by atoms with Crippen molar-refractivity contribution in [3.8, 4) is 0 Å². The second-order valence-electron chi connectivity index (χ2n) is 7.74. The molecule has 0 aliphatic heterocycles. The van der Waals surface area contributed by atoms with Crippen LogP contribution in [0, 0.1) is 12.8 Å². The van der Waals surface area contributed by atoms with E-state index in [0.29, 0.717) is 23.6 Å². The molecule has 2 unspecified atom stereocenters. The highest BCUT2D eigenvalue weighted by molar-refractivity contribution is 6.31. The number of anilines is 1. The number of benzene rings is 2. The highest BCUT2D eigenvalue weighted by Gasteiger charge is 2.22. The lowest BCUT2D eigenvalue weighted by atomic mass is 9.87. The molecular weight excluding hydrogens is 372 g/mol. The van der Waals surface area contributed by atoms with Crippen molar-refractivity contribution in [2.45, 2.75) is 52.0 Å². The monoisotopic (exact) mass is 398 g/mol. The molecule has 0 fully saturated rings. The number of aryl methyl sites for hydroxylation is 2. The molecule has 2 aromatic carbocycles. The largest absolute Gasteiger partial charge is 0.349 e. The average Bonchev–Trinajstić information content (AvgIpc) is 2.64. The number of fused-ring (bicyclic) bond motifs is 1. The number of hydrogen-bond donors (Lipinski definition) is 2. The minimum absolute atomic E-state index is 0.000355. The SMILES string of the molecule is Cc1ccc(NC(=O)CC(C)CC(=O)NC2CCCc3ccccc32)cc1Cl. The van der Waals surface area contributed by atoms with Gasteiger partial charge in [0.1, 0.15) is 0 Å². The van der Waals surface area contributed by atoms with Crippen molar-refractivity contribution in [2.75, 3.05) is 5.32 Å². The molecule has 2 N–H and O–H groups in total. The van der Waals surface area contributed by atoms with Crippen molar-refractivity contribution >= 4 is 29.1 Å². The molecule has 1 aliphatic carbocycles. The van der Waals surface area contributed by atoms with Gasteiger partial charge >= 0.3 is 0 Å². The third-order valence-electron chi connectivity index (χ3n) is 5.23. The van der Waals surface area contributed by atoms with Crippen molar-refractivity contribution in [3.05, 3.63) is 64.2 Å². The zero-order valence-electron chi connectivity index (χ0n) is 16.4. The van der Waals surface area contributed by atoms with Gasteiger partial charge in [-0.1, -0.05) is 48.9 Å². The predicted octanol–water partition coefficient (Wildman–Crippen LogP) is 5.20. The first kappa shape index (κ1) is 20.4. The molecule has 3 rings (SSSR count). The summed E-state index contributed by atoms with van der Waals surface area (Å²) in [5.41, 5.74) is 4.19. The molecule has 0 aromatic heterocycles. The topological polar surface area (TPSA) is 58.2 Å². The van der Waals surface area contributed by atoms with E-state index < -0.39 is 0 Å². The quantitative estimate of drug-likeness (QED) is 0.702. The summed E-state index contributed by atoms with van der Waals surface area (Å²) in [6.07, 6.45) is 3.74. The van der Waals surface area contributed by atoms with Crippen LogP contribution in [-0.2, 0) is 16.0 Å². The van der Waals surface area contributed by atoms with Crippen LogP contribution in [-0.4, -0.2) is 11.8 Å². The van der Waals surface area contributed by atoms with E-state index in [4.69, 9.17) is 11.6 Å². The van der Waals surface area contributed by atoms with Crippen molar-refractivity contribution in [2.24, 2.45) is 5.92 Å². The molecule has 0 heterocycles. The Kier molecular flexibility index (Phi) is 6.74. The highest BCUT2D eigenvalue weighted by atomic mass is 35.5. The third-order valence-corrected chi connectivity index (χ3v) is 5.64. The van der Waals surface area contributed by atoms with E-state index in [2.05, 4.69) is 22.8 Å². The summed E-state index contributed by atoms with van der Waals surface area (Å²) in [4.78, 5) is 24.8. The van der Waals surface area contributed by atoms with Crippen LogP contribution < -0.4 is 10.6 Å². The minimum Gasteiger partial charge on any atom is -0.349 e. The number of amides is 2. The van der Waals surface area contributed by atoms with Crippen LogP contribution in [0.1, 0.15) is 55.3 Å². The Balaban J connectivity index is 1.49. The number of rotatable bonds is 6. The maximum absolute atomic E-state index is 12.5. The molecule has 0 saturated carbocycles. The predicted molar refractivity (Wildman–Crippen MR) is 113 cm³/mol. The summed E-state index contributed by atoms with van der Waals surface area (Å²) in [6, 6.07) is 13.8. The number of halogens is 1. The summed E-state index contributed by atoms with van der Waals surface area (Å²) in [6.45, 7) is 3.84. The summed E-state index contributed by atoms with van der Waals surface area (Å²) in [7, 11) is 0. The summed E-state index contributed by atoms with van der Waals surface area (Å²) >= 11 is 6.10. The Labute approximate surface area is 171 Å². The molecule has 28 heavy (non-hydrogen) atoms. The Morgan fingerprint density at radius 3 is 2.68 bits per heavy atom.